The van der Waals surface area contributed by atoms with Crippen molar-refractivity contribution in [2.75, 3.05) is 7.11 Å². The van der Waals surface area contributed by atoms with Crippen LogP contribution in [0.5, 0.6) is 5.75 Å². The molecule has 0 N–H and O–H groups in total. The van der Waals surface area contributed by atoms with E-state index in [4.69, 9.17) is 4.74 Å². The van der Waals surface area contributed by atoms with E-state index in [1.807, 2.05) is 18.2 Å². The van der Waals surface area contributed by atoms with Crippen LogP contribution in [-0.2, 0) is 11.2 Å². The highest BCUT2D eigenvalue weighted by atomic mass is 16.5. The number of ether oxygens (including phenoxy) is 1. The summed E-state index contributed by atoms with van der Waals surface area (Å²) in [6, 6.07) is 5.65. The number of carbonyl (C=O) groups excluding carboxylic acids is 2. The Balaban J connectivity index is 2.15. The van der Waals surface area contributed by atoms with Gasteiger partial charge in [-0.15, -0.1) is 0 Å². The van der Waals surface area contributed by atoms with Gasteiger partial charge >= 0.3 is 0 Å². The van der Waals surface area contributed by atoms with Gasteiger partial charge < -0.3 is 9.53 Å². The Kier molecular flexibility index (Phi) is 4.13. The molecule has 1 atom stereocenters. The fourth-order valence-electron chi connectivity index (χ4n) is 2.64. The van der Waals surface area contributed by atoms with Gasteiger partial charge in [0.1, 0.15) is 12.0 Å². The van der Waals surface area contributed by atoms with Gasteiger partial charge in [0, 0.05) is 23.5 Å². The predicted molar refractivity (Wildman–Crippen MR) is 69.1 cm³/mol. The molecule has 3 nitrogen and oxygen atoms in total. The van der Waals surface area contributed by atoms with Gasteiger partial charge in [0.2, 0.25) is 0 Å². The molecule has 0 fully saturated rings. The average molecular weight is 246 g/mol. The SMILES string of the molecule is COc1cccc2c1CCC(CCCC=O)C2=O. The lowest BCUT2D eigenvalue weighted by Gasteiger charge is -2.24. The van der Waals surface area contributed by atoms with E-state index in [0.717, 1.165) is 48.8 Å². The van der Waals surface area contributed by atoms with Gasteiger partial charge in [-0.3, -0.25) is 4.79 Å². The van der Waals surface area contributed by atoms with Crippen molar-refractivity contribution in [2.45, 2.75) is 32.1 Å². The van der Waals surface area contributed by atoms with Gasteiger partial charge in [0.15, 0.2) is 5.78 Å². The molecule has 1 aromatic rings. The molecule has 0 aliphatic heterocycles. The van der Waals surface area contributed by atoms with Crippen LogP contribution in [0.2, 0.25) is 0 Å². The minimum atomic E-state index is 0.0737. The fraction of sp³-hybridized carbons (Fsp3) is 0.467. The van der Waals surface area contributed by atoms with Crippen molar-refractivity contribution < 1.29 is 14.3 Å². The molecule has 1 aliphatic carbocycles. The second-order valence-corrected chi connectivity index (χ2v) is 4.68. The van der Waals surface area contributed by atoms with Crippen molar-refractivity contribution in [1.29, 1.82) is 0 Å². The third-order valence-electron chi connectivity index (χ3n) is 3.61. The molecule has 1 aliphatic rings. The van der Waals surface area contributed by atoms with E-state index in [9.17, 15) is 9.59 Å². The molecule has 0 bridgehead atoms. The lowest BCUT2D eigenvalue weighted by atomic mass is 9.80. The molecule has 96 valence electrons. The normalized spacial score (nSPS) is 18.3. The largest absolute Gasteiger partial charge is 0.496 e. The lowest BCUT2D eigenvalue weighted by molar-refractivity contribution is -0.108. The van der Waals surface area contributed by atoms with Crippen LogP contribution in [-0.4, -0.2) is 19.2 Å². The molecule has 0 amide bonds. The summed E-state index contributed by atoms with van der Waals surface area (Å²) in [5.74, 6) is 1.10. The Bertz CT molecular complexity index is 451. The first-order chi connectivity index (χ1) is 8.77. The molecule has 2 rings (SSSR count). The van der Waals surface area contributed by atoms with Crippen LogP contribution in [0.3, 0.4) is 0 Å². The van der Waals surface area contributed by atoms with Gasteiger partial charge in [-0.25, -0.2) is 0 Å². The minimum Gasteiger partial charge on any atom is -0.496 e. The molecule has 18 heavy (non-hydrogen) atoms. The standard InChI is InChI=1S/C15H18O3/c1-18-14-7-4-6-13-12(14)9-8-11(15(13)17)5-2-3-10-16/h4,6-7,10-11H,2-3,5,8-9H2,1H3. The Morgan fingerprint density at radius 1 is 1.44 bits per heavy atom. The number of hydrogen-bond acceptors (Lipinski definition) is 3. The number of Topliss-reactive ketones (excluding diaryl/α,β-unsaturated/α-hetero) is 1. The predicted octanol–water partition coefficient (Wildman–Crippen LogP) is 2.81. The average Bonchev–Trinajstić information content (AvgIpc) is 2.41. The van der Waals surface area contributed by atoms with Crippen molar-refractivity contribution >= 4 is 12.1 Å². The van der Waals surface area contributed by atoms with Crippen molar-refractivity contribution in [3.05, 3.63) is 29.3 Å². The van der Waals surface area contributed by atoms with E-state index >= 15 is 0 Å². The number of unbranched alkanes of at least 4 members (excludes halogenated alkanes) is 1. The fourth-order valence-corrected chi connectivity index (χ4v) is 2.64. The van der Waals surface area contributed by atoms with Crippen molar-refractivity contribution in [2.24, 2.45) is 5.92 Å². The Labute approximate surface area is 107 Å². The summed E-state index contributed by atoms with van der Waals surface area (Å²) in [6.45, 7) is 0. The topological polar surface area (TPSA) is 43.4 Å². The number of hydrogen-bond donors (Lipinski definition) is 0. The number of benzene rings is 1. The molecule has 0 saturated heterocycles. The second-order valence-electron chi connectivity index (χ2n) is 4.68. The first kappa shape index (κ1) is 12.8. The number of fused-ring (bicyclic) bond motifs is 1. The Morgan fingerprint density at radius 3 is 3.00 bits per heavy atom. The summed E-state index contributed by atoms with van der Waals surface area (Å²) < 4.78 is 5.30. The lowest BCUT2D eigenvalue weighted by Crippen LogP contribution is -2.23. The molecule has 0 saturated carbocycles. The molecule has 0 radical (unpaired) electrons. The number of ketones is 1. The number of methoxy groups -OCH3 is 1. The summed E-state index contributed by atoms with van der Waals surface area (Å²) >= 11 is 0. The van der Waals surface area contributed by atoms with E-state index in [-0.39, 0.29) is 11.7 Å². The van der Waals surface area contributed by atoms with Crippen LogP contribution in [0.1, 0.15) is 41.6 Å². The number of rotatable bonds is 5. The third kappa shape index (κ3) is 2.45. The monoisotopic (exact) mass is 246 g/mol. The highest BCUT2D eigenvalue weighted by Crippen LogP contribution is 2.33. The van der Waals surface area contributed by atoms with Crippen LogP contribution >= 0.6 is 0 Å². The molecule has 0 heterocycles. The zero-order valence-electron chi connectivity index (χ0n) is 10.6. The van der Waals surface area contributed by atoms with Gasteiger partial charge in [0.05, 0.1) is 7.11 Å². The number of aldehydes is 1. The summed E-state index contributed by atoms with van der Waals surface area (Å²) in [4.78, 5) is 22.6. The molecular weight excluding hydrogens is 228 g/mol. The van der Waals surface area contributed by atoms with Gasteiger partial charge in [-0.2, -0.15) is 0 Å². The van der Waals surface area contributed by atoms with Gasteiger partial charge in [-0.1, -0.05) is 12.1 Å². The summed E-state index contributed by atoms with van der Waals surface area (Å²) in [5.41, 5.74) is 1.84. The zero-order chi connectivity index (χ0) is 13.0. The van der Waals surface area contributed by atoms with Crippen LogP contribution in [0, 0.1) is 5.92 Å². The second kappa shape index (κ2) is 5.80. The quantitative estimate of drug-likeness (QED) is 0.592. The van der Waals surface area contributed by atoms with E-state index in [0.29, 0.717) is 6.42 Å². The smallest absolute Gasteiger partial charge is 0.166 e. The first-order valence-corrected chi connectivity index (χ1v) is 6.41. The maximum atomic E-state index is 12.3. The summed E-state index contributed by atoms with van der Waals surface area (Å²) in [5, 5.41) is 0. The highest BCUT2D eigenvalue weighted by Gasteiger charge is 2.28. The van der Waals surface area contributed by atoms with Crippen LogP contribution in [0.15, 0.2) is 18.2 Å². The summed E-state index contributed by atoms with van der Waals surface area (Å²) in [6.07, 6.45) is 4.84. The maximum Gasteiger partial charge on any atom is 0.166 e. The van der Waals surface area contributed by atoms with Crippen LogP contribution < -0.4 is 4.74 Å². The molecule has 1 aromatic carbocycles. The molecule has 0 aromatic heterocycles. The van der Waals surface area contributed by atoms with Gasteiger partial charge in [0.25, 0.3) is 0 Å². The van der Waals surface area contributed by atoms with Gasteiger partial charge in [-0.05, 0) is 31.7 Å². The minimum absolute atomic E-state index is 0.0737. The van der Waals surface area contributed by atoms with Crippen LogP contribution in [0.25, 0.3) is 0 Å². The van der Waals surface area contributed by atoms with E-state index in [2.05, 4.69) is 0 Å². The highest BCUT2D eigenvalue weighted by molar-refractivity contribution is 6.00. The first-order valence-electron chi connectivity index (χ1n) is 6.41. The van der Waals surface area contributed by atoms with Crippen molar-refractivity contribution in [3.63, 3.8) is 0 Å². The van der Waals surface area contributed by atoms with E-state index < -0.39 is 0 Å². The number of carbonyl (C=O) groups is 2. The third-order valence-corrected chi connectivity index (χ3v) is 3.61. The van der Waals surface area contributed by atoms with E-state index in [1.165, 1.54) is 0 Å². The molecular formula is C15H18O3. The van der Waals surface area contributed by atoms with Crippen molar-refractivity contribution in [1.82, 2.24) is 0 Å². The van der Waals surface area contributed by atoms with E-state index in [1.54, 1.807) is 7.11 Å². The van der Waals surface area contributed by atoms with Crippen LogP contribution in [0.4, 0.5) is 0 Å². The zero-order valence-corrected chi connectivity index (χ0v) is 10.6. The molecule has 0 spiro atoms. The maximum absolute atomic E-state index is 12.3. The Morgan fingerprint density at radius 2 is 2.28 bits per heavy atom. The van der Waals surface area contributed by atoms with Crippen molar-refractivity contribution in [3.8, 4) is 5.75 Å². The Hall–Kier alpha value is -1.64. The summed E-state index contributed by atoms with van der Waals surface area (Å²) in [7, 11) is 1.64. The molecule has 1 unspecified atom stereocenters. The molecule has 3 heteroatoms.